The van der Waals surface area contributed by atoms with Gasteiger partial charge in [-0.05, 0) is 11.1 Å². The monoisotopic (exact) mass is 576 g/mol. The minimum absolute atomic E-state index is 0.00953. The van der Waals surface area contributed by atoms with Gasteiger partial charge >= 0.3 is 23.9 Å². The summed E-state index contributed by atoms with van der Waals surface area (Å²) in [7, 11) is -3.66. The second-order valence-electron chi connectivity index (χ2n) is 9.28. The first-order chi connectivity index (χ1) is 19.0. The van der Waals surface area contributed by atoms with Crippen molar-refractivity contribution in [3.05, 3.63) is 71.8 Å². The van der Waals surface area contributed by atoms with E-state index in [4.69, 9.17) is 28.2 Å². The molecule has 2 aromatic rings. The van der Waals surface area contributed by atoms with Gasteiger partial charge in [0.05, 0.1) is 12.3 Å². The van der Waals surface area contributed by atoms with Crippen LogP contribution in [0.5, 0.6) is 0 Å². The zero-order chi connectivity index (χ0) is 29.3. The number of esters is 4. The Morgan fingerprint density at radius 2 is 1.12 bits per heavy atom. The summed E-state index contributed by atoms with van der Waals surface area (Å²) < 4.78 is 48.1. The fourth-order valence-electron chi connectivity index (χ4n) is 4.32. The molecule has 3 rings (SSSR count). The molecule has 1 fully saturated rings. The van der Waals surface area contributed by atoms with E-state index in [1.54, 1.807) is 48.5 Å². The van der Waals surface area contributed by atoms with Gasteiger partial charge in [0.2, 0.25) is 13.7 Å². The lowest BCUT2D eigenvalue weighted by Crippen LogP contribution is -2.62. The van der Waals surface area contributed by atoms with Gasteiger partial charge in [-0.2, -0.15) is 0 Å². The molecule has 11 nitrogen and oxygen atoms in total. The highest BCUT2D eigenvalue weighted by Crippen LogP contribution is 2.55. The lowest BCUT2D eigenvalue weighted by molar-refractivity contribution is -0.288. The Bertz CT molecular complexity index is 1170. The third kappa shape index (κ3) is 9.29. The molecule has 1 aliphatic rings. The predicted octanol–water partition coefficient (Wildman–Crippen LogP) is 3.76. The van der Waals surface area contributed by atoms with Crippen LogP contribution in [0, 0.1) is 0 Å². The van der Waals surface area contributed by atoms with E-state index < -0.39 is 68.6 Å². The van der Waals surface area contributed by atoms with E-state index >= 15 is 0 Å². The first kappa shape index (κ1) is 31.0. The first-order valence-electron chi connectivity index (χ1n) is 12.6. The maximum atomic E-state index is 14.5. The molecule has 0 amide bonds. The van der Waals surface area contributed by atoms with Crippen molar-refractivity contribution in [3.8, 4) is 0 Å². The molecule has 1 saturated heterocycles. The molecule has 12 heteroatoms. The largest absolute Gasteiger partial charge is 0.463 e. The van der Waals surface area contributed by atoms with Crippen molar-refractivity contribution < 1.29 is 52.0 Å². The summed E-state index contributed by atoms with van der Waals surface area (Å²) >= 11 is 0. The van der Waals surface area contributed by atoms with Gasteiger partial charge in [-0.15, -0.1) is 0 Å². The third-order valence-electron chi connectivity index (χ3n) is 5.78. The summed E-state index contributed by atoms with van der Waals surface area (Å²) in [6.45, 7) is 4.14. The van der Waals surface area contributed by atoms with E-state index in [9.17, 15) is 23.7 Å². The molecule has 216 valence electrons. The van der Waals surface area contributed by atoms with E-state index in [0.717, 1.165) is 31.9 Å². The van der Waals surface area contributed by atoms with Crippen LogP contribution < -0.4 is 0 Å². The molecule has 0 aliphatic carbocycles. The highest BCUT2D eigenvalue weighted by molar-refractivity contribution is 7.57. The Hall–Kier alpha value is -3.53. The molecule has 40 heavy (non-hydrogen) atoms. The molecule has 0 saturated carbocycles. The van der Waals surface area contributed by atoms with Crippen molar-refractivity contribution in [2.75, 3.05) is 6.61 Å². The predicted molar refractivity (Wildman–Crippen MR) is 141 cm³/mol. The van der Waals surface area contributed by atoms with Gasteiger partial charge in [0, 0.05) is 27.7 Å². The highest BCUT2D eigenvalue weighted by Gasteiger charge is 2.54. The quantitative estimate of drug-likeness (QED) is 0.219. The van der Waals surface area contributed by atoms with E-state index in [2.05, 4.69) is 0 Å². The molecule has 2 aromatic carbocycles. The van der Waals surface area contributed by atoms with Gasteiger partial charge in [-0.1, -0.05) is 60.7 Å². The topological polar surface area (TPSA) is 141 Å². The molecular weight excluding hydrogens is 543 g/mol. The average molecular weight is 577 g/mol. The molecule has 0 aromatic heterocycles. The van der Waals surface area contributed by atoms with E-state index in [1.807, 2.05) is 12.1 Å². The number of carbonyl (C=O) groups excluding carboxylic acids is 4. The molecule has 0 radical (unpaired) electrons. The molecule has 1 heterocycles. The zero-order valence-electron chi connectivity index (χ0n) is 22.7. The van der Waals surface area contributed by atoms with Crippen molar-refractivity contribution in [3.63, 3.8) is 0 Å². The Labute approximate surface area is 232 Å². The number of carbonyl (C=O) groups is 4. The smallest absolute Gasteiger partial charge is 0.303 e. The average Bonchev–Trinajstić information content (AvgIpc) is 2.86. The maximum absolute atomic E-state index is 14.5. The van der Waals surface area contributed by atoms with Crippen molar-refractivity contribution in [2.45, 2.75) is 70.7 Å². The molecule has 1 unspecified atom stereocenters. The molecule has 0 N–H and O–H groups in total. The highest BCUT2D eigenvalue weighted by atomic mass is 31.2. The SMILES string of the molecule is CC(=O)OC[C@H]1OC(OP(=O)(Cc2ccccc2)Cc2ccccc2)[C@@H](OC(C)=O)[C@@H](OC(C)=O)[C@@H]1OC(C)=O. The summed E-state index contributed by atoms with van der Waals surface area (Å²) in [6, 6.07) is 18.1. The van der Waals surface area contributed by atoms with Gasteiger partial charge in [0.1, 0.15) is 12.7 Å². The molecule has 0 bridgehead atoms. The van der Waals surface area contributed by atoms with Crippen LogP contribution in [0.15, 0.2) is 60.7 Å². The molecule has 1 aliphatic heterocycles. The van der Waals surface area contributed by atoms with Gasteiger partial charge in [0.25, 0.3) is 0 Å². The number of benzene rings is 2. The van der Waals surface area contributed by atoms with E-state index in [-0.39, 0.29) is 12.3 Å². The number of rotatable bonds is 11. The van der Waals surface area contributed by atoms with Crippen LogP contribution in [0.2, 0.25) is 0 Å². The van der Waals surface area contributed by atoms with Crippen molar-refractivity contribution in [2.24, 2.45) is 0 Å². The lowest BCUT2D eigenvalue weighted by Gasteiger charge is -2.44. The molecule has 5 atom stereocenters. The van der Waals surface area contributed by atoms with Crippen molar-refractivity contribution >= 4 is 31.2 Å². The maximum Gasteiger partial charge on any atom is 0.303 e. The van der Waals surface area contributed by atoms with Gasteiger partial charge in [0.15, 0.2) is 18.3 Å². The lowest BCUT2D eigenvalue weighted by atomic mass is 9.98. The van der Waals surface area contributed by atoms with Gasteiger partial charge < -0.3 is 23.7 Å². The second kappa shape index (κ2) is 14.2. The Kier molecular flexibility index (Phi) is 11.0. The van der Waals surface area contributed by atoms with Crippen LogP contribution in [-0.2, 0) is 64.3 Å². The van der Waals surface area contributed by atoms with Crippen LogP contribution >= 0.6 is 7.37 Å². The Morgan fingerprint density at radius 3 is 1.57 bits per heavy atom. The van der Waals surface area contributed by atoms with Crippen LogP contribution in [0.25, 0.3) is 0 Å². The standard InChI is InChI=1S/C28H33O11P/c1-18(29)34-15-24-25(35-19(2)30)26(36-20(3)31)27(37-21(4)32)28(38-24)39-40(33,16-22-11-7-5-8-12-22)17-23-13-9-6-10-14-23/h5-14,24-28H,15-17H2,1-4H3/t24-,25-,26+,27+,28?/m1/s1. The minimum Gasteiger partial charge on any atom is -0.463 e. The zero-order valence-corrected chi connectivity index (χ0v) is 23.6. The summed E-state index contributed by atoms with van der Waals surface area (Å²) in [5.74, 6) is -2.95. The van der Waals surface area contributed by atoms with Crippen molar-refractivity contribution in [1.82, 2.24) is 0 Å². The van der Waals surface area contributed by atoms with Crippen LogP contribution in [0.1, 0.15) is 38.8 Å². The third-order valence-corrected chi connectivity index (χ3v) is 8.06. The van der Waals surface area contributed by atoms with Gasteiger partial charge in [-0.3, -0.25) is 28.3 Å². The number of hydrogen-bond acceptors (Lipinski definition) is 11. The fourth-order valence-corrected chi connectivity index (χ4v) is 6.66. The summed E-state index contributed by atoms with van der Waals surface area (Å²) in [5.41, 5.74) is 1.46. The van der Waals surface area contributed by atoms with E-state index in [1.165, 1.54) is 6.92 Å². The molecular formula is C28H33O11P. The first-order valence-corrected chi connectivity index (χ1v) is 14.6. The van der Waals surface area contributed by atoms with Crippen LogP contribution in [-0.4, -0.2) is 61.2 Å². The van der Waals surface area contributed by atoms with Crippen LogP contribution in [0.3, 0.4) is 0 Å². The normalized spacial score (nSPS) is 22.6. The van der Waals surface area contributed by atoms with Crippen molar-refractivity contribution in [1.29, 1.82) is 0 Å². The number of hydrogen-bond donors (Lipinski definition) is 0. The molecule has 0 spiro atoms. The Morgan fingerprint density at radius 1 is 0.675 bits per heavy atom. The summed E-state index contributed by atoms with van der Waals surface area (Å²) in [6.07, 6.45) is -6.97. The number of ether oxygens (including phenoxy) is 5. The van der Waals surface area contributed by atoms with Crippen LogP contribution in [0.4, 0.5) is 0 Å². The summed E-state index contributed by atoms with van der Waals surface area (Å²) in [5, 5.41) is 0. The summed E-state index contributed by atoms with van der Waals surface area (Å²) in [4.78, 5) is 47.8. The van der Waals surface area contributed by atoms with Gasteiger partial charge in [-0.25, -0.2) is 0 Å². The minimum atomic E-state index is -3.66. The second-order valence-corrected chi connectivity index (χ2v) is 11.7. The Balaban J connectivity index is 2.05. The van der Waals surface area contributed by atoms with E-state index in [0.29, 0.717) is 0 Å². The fraction of sp³-hybridized carbons (Fsp3) is 0.429.